The molecular weight excluding hydrogens is 303 g/mol. The highest BCUT2D eigenvalue weighted by atomic mass is 19.1. The predicted octanol–water partition coefficient (Wildman–Crippen LogP) is 3.10. The second-order valence-electron chi connectivity index (χ2n) is 4.57. The SMILES string of the molecule is COC/C(O)=C(\N=Nc1ccc(-n2cccn2)cc1F)C(C)=O. The van der Waals surface area contributed by atoms with Crippen molar-refractivity contribution in [1.29, 1.82) is 0 Å². The van der Waals surface area contributed by atoms with Crippen molar-refractivity contribution in [3.63, 3.8) is 0 Å². The number of ether oxygens (including phenoxy) is 1. The van der Waals surface area contributed by atoms with Crippen molar-refractivity contribution < 1.29 is 19.0 Å². The highest BCUT2D eigenvalue weighted by molar-refractivity contribution is 5.93. The van der Waals surface area contributed by atoms with E-state index in [9.17, 15) is 14.3 Å². The maximum atomic E-state index is 14.1. The van der Waals surface area contributed by atoms with E-state index in [0.717, 1.165) is 0 Å². The summed E-state index contributed by atoms with van der Waals surface area (Å²) in [4.78, 5) is 11.4. The number of hydrogen-bond acceptors (Lipinski definition) is 6. The third-order valence-electron chi connectivity index (χ3n) is 2.85. The number of halogens is 1. The van der Waals surface area contributed by atoms with Crippen molar-refractivity contribution in [1.82, 2.24) is 9.78 Å². The number of ketones is 1. The number of carbonyl (C=O) groups excluding carboxylic acids is 1. The Kier molecular flexibility index (Phi) is 5.32. The minimum absolute atomic E-state index is 0.0649. The highest BCUT2D eigenvalue weighted by Crippen LogP contribution is 2.22. The Hall–Kier alpha value is -2.87. The van der Waals surface area contributed by atoms with Crippen LogP contribution in [0.2, 0.25) is 0 Å². The topological polar surface area (TPSA) is 89.1 Å². The quantitative estimate of drug-likeness (QED) is 0.503. The Morgan fingerprint density at radius 3 is 2.83 bits per heavy atom. The standard InChI is InChI=1S/C15H15FN4O3/c1-10(21)15(14(22)9-23-2)19-18-13-5-4-11(8-12(13)16)20-7-3-6-17-20/h3-8,22H,9H2,1-2H3/b15-14+,19-18?. The molecule has 0 unspecified atom stereocenters. The van der Waals surface area contributed by atoms with E-state index in [-0.39, 0.29) is 23.8 Å². The lowest BCUT2D eigenvalue weighted by Crippen LogP contribution is -2.03. The summed E-state index contributed by atoms with van der Waals surface area (Å²) in [5, 5.41) is 21.0. The van der Waals surface area contributed by atoms with Crippen LogP contribution in [0.15, 0.2) is 58.3 Å². The van der Waals surface area contributed by atoms with E-state index in [1.54, 1.807) is 24.5 Å². The number of allylic oxidation sites excluding steroid dienone is 1. The summed E-state index contributed by atoms with van der Waals surface area (Å²) in [6, 6.07) is 5.97. The first-order valence-corrected chi connectivity index (χ1v) is 6.66. The number of carbonyl (C=O) groups is 1. The molecule has 8 heteroatoms. The van der Waals surface area contributed by atoms with Gasteiger partial charge in [0, 0.05) is 32.5 Å². The summed E-state index contributed by atoms with van der Waals surface area (Å²) in [5.74, 6) is -1.50. The second kappa shape index (κ2) is 7.41. The van der Waals surface area contributed by atoms with Gasteiger partial charge in [-0.05, 0) is 18.2 Å². The van der Waals surface area contributed by atoms with Crippen LogP contribution < -0.4 is 0 Å². The van der Waals surface area contributed by atoms with E-state index in [2.05, 4.69) is 15.3 Å². The molecule has 0 atom stereocenters. The molecule has 0 aliphatic carbocycles. The molecule has 1 aromatic carbocycles. The molecule has 1 heterocycles. The van der Waals surface area contributed by atoms with Gasteiger partial charge in [-0.3, -0.25) is 4.79 Å². The number of nitrogens with zero attached hydrogens (tertiary/aromatic N) is 4. The maximum absolute atomic E-state index is 14.1. The summed E-state index contributed by atoms with van der Waals surface area (Å²) in [5.41, 5.74) is 0.184. The van der Waals surface area contributed by atoms with Gasteiger partial charge in [0.15, 0.2) is 17.3 Å². The van der Waals surface area contributed by atoms with Gasteiger partial charge in [0.25, 0.3) is 0 Å². The van der Waals surface area contributed by atoms with E-state index < -0.39 is 11.6 Å². The molecule has 0 saturated heterocycles. The average molecular weight is 318 g/mol. The van der Waals surface area contributed by atoms with Crippen molar-refractivity contribution in [3.8, 4) is 5.69 Å². The van der Waals surface area contributed by atoms with Crippen LogP contribution in [0.25, 0.3) is 5.69 Å². The van der Waals surface area contributed by atoms with Gasteiger partial charge >= 0.3 is 0 Å². The van der Waals surface area contributed by atoms with Gasteiger partial charge in [-0.1, -0.05) is 0 Å². The average Bonchev–Trinajstić information content (AvgIpc) is 3.03. The van der Waals surface area contributed by atoms with Gasteiger partial charge in [0.2, 0.25) is 0 Å². The second-order valence-corrected chi connectivity index (χ2v) is 4.57. The summed E-state index contributed by atoms with van der Waals surface area (Å²) >= 11 is 0. The van der Waals surface area contributed by atoms with E-state index in [1.165, 1.54) is 30.8 Å². The lowest BCUT2D eigenvalue weighted by Gasteiger charge is -2.04. The fraction of sp³-hybridized carbons (Fsp3) is 0.200. The fourth-order valence-corrected chi connectivity index (χ4v) is 1.78. The Morgan fingerprint density at radius 1 is 1.48 bits per heavy atom. The van der Waals surface area contributed by atoms with Crippen LogP contribution in [0.1, 0.15) is 6.92 Å². The molecule has 0 aliphatic rings. The minimum Gasteiger partial charge on any atom is -0.507 e. The molecule has 0 amide bonds. The number of aromatic nitrogens is 2. The third kappa shape index (κ3) is 4.07. The molecule has 1 aromatic heterocycles. The number of aliphatic hydroxyl groups excluding tert-OH is 1. The molecule has 2 aromatic rings. The third-order valence-corrected chi connectivity index (χ3v) is 2.85. The normalized spacial score (nSPS) is 12.5. The summed E-state index contributed by atoms with van der Waals surface area (Å²) in [6.45, 7) is 1.03. The Balaban J connectivity index is 2.29. The smallest absolute Gasteiger partial charge is 0.183 e. The van der Waals surface area contributed by atoms with E-state index >= 15 is 0 Å². The first-order valence-electron chi connectivity index (χ1n) is 6.66. The van der Waals surface area contributed by atoms with Crippen LogP contribution in [0.3, 0.4) is 0 Å². The summed E-state index contributed by atoms with van der Waals surface area (Å²) < 4.78 is 20.3. The van der Waals surface area contributed by atoms with Crippen molar-refractivity contribution in [2.45, 2.75) is 6.92 Å². The van der Waals surface area contributed by atoms with Crippen LogP contribution in [0.5, 0.6) is 0 Å². The van der Waals surface area contributed by atoms with Crippen LogP contribution in [0, 0.1) is 5.82 Å². The molecule has 23 heavy (non-hydrogen) atoms. The van der Waals surface area contributed by atoms with Crippen molar-refractivity contribution in [3.05, 3.63) is 53.9 Å². The molecule has 7 nitrogen and oxygen atoms in total. The van der Waals surface area contributed by atoms with Crippen molar-refractivity contribution in [2.75, 3.05) is 13.7 Å². The Bertz CT molecular complexity index is 754. The first-order chi connectivity index (χ1) is 11.0. The molecule has 1 N–H and O–H groups in total. The van der Waals surface area contributed by atoms with Crippen molar-refractivity contribution >= 4 is 11.5 Å². The minimum atomic E-state index is -0.629. The first kappa shape index (κ1) is 16.5. The van der Waals surface area contributed by atoms with E-state index in [0.29, 0.717) is 5.69 Å². The van der Waals surface area contributed by atoms with Crippen LogP contribution in [-0.2, 0) is 9.53 Å². The van der Waals surface area contributed by atoms with E-state index in [4.69, 9.17) is 4.74 Å². The maximum Gasteiger partial charge on any atom is 0.183 e. The summed E-state index contributed by atoms with van der Waals surface area (Å²) in [7, 11) is 1.36. The molecule has 0 spiro atoms. The fourth-order valence-electron chi connectivity index (χ4n) is 1.78. The molecular formula is C15H15FN4O3. The van der Waals surface area contributed by atoms with Crippen LogP contribution in [0.4, 0.5) is 10.1 Å². The molecule has 120 valence electrons. The molecule has 0 bridgehead atoms. The Labute approximate surface area is 131 Å². The molecule has 0 radical (unpaired) electrons. The number of hydrogen-bond donors (Lipinski definition) is 1. The number of aliphatic hydroxyl groups is 1. The van der Waals surface area contributed by atoms with Gasteiger partial charge in [0.1, 0.15) is 18.1 Å². The van der Waals surface area contributed by atoms with Crippen molar-refractivity contribution in [2.24, 2.45) is 10.2 Å². The molecule has 0 aliphatic heterocycles. The van der Waals surface area contributed by atoms with Gasteiger partial charge in [0.05, 0.1) is 5.69 Å². The highest BCUT2D eigenvalue weighted by Gasteiger charge is 2.11. The molecule has 0 saturated carbocycles. The molecule has 0 fully saturated rings. The summed E-state index contributed by atoms with van der Waals surface area (Å²) in [6.07, 6.45) is 3.25. The number of rotatable bonds is 6. The lowest BCUT2D eigenvalue weighted by atomic mass is 10.2. The van der Waals surface area contributed by atoms with Gasteiger partial charge in [-0.2, -0.15) is 5.10 Å². The largest absolute Gasteiger partial charge is 0.507 e. The zero-order valence-electron chi connectivity index (χ0n) is 12.6. The molecule has 2 rings (SSSR count). The monoisotopic (exact) mass is 318 g/mol. The predicted molar refractivity (Wildman–Crippen MR) is 80.2 cm³/mol. The zero-order valence-corrected chi connectivity index (χ0v) is 12.6. The zero-order chi connectivity index (χ0) is 16.8. The van der Waals surface area contributed by atoms with Crippen LogP contribution in [-0.4, -0.2) is 34.4 Å². The van der Waals surface area contributed by atoms with Gasteiger partial charge in [-0.15, -0.1) is 10.2 Å². The number of benzene rings is 1. The van der Waals surface area contributed by atoms with E-state index in [1.807, 2.05) is 0 Å². The number of methoxy groups -OCH3 is 1. The van der Waals surface area contributed by atoms with Gasteiger partial charge in [-0.25, -0.2) is 9.07 Å². The van der Waals surface area contributed by atoms with Crippen LogP contribution >= 0.6 is 0 Å². The Morgan fingerprint density at radius 2 is 2.26 bits per heavy atom. The number of Topliss-reactive ketones (excluding diaryl/α,β-unsaturated/α-hetero) is 1. The number of azo groups is 1. The van der Waals surface area contributed by atoms with Gasteiger partial charge < -0.3 is 9.84 Å². The lowest BCUT2D eigenvalue weighted by molar-refractivity contribution is -0.113.